The van der Waals surface area contributed by atoms with Crippen molar-refractivity contribution in [2.24, 2.45) is 5.92 Å². The fourth-order valence-electron chi connectivity index (χ4n) is 4.30. The molecule has 2 saturated heterocycles. The van der Waals surface area contributed by atoms with E-state index >= 15 is 0 Å². The predicted octanol–water partition coefficient (Wildman–Crippen LogP) is 3.12. The van der Waals surface area contributed by atoms with E-state index in [0.29, 0.717) is 6.54 Å². The van der Waals surface area contributed by atoms with Gasteiger partial charge in [-0.1, -0.05) is 36.4 Å². The van der Waals surface area contributed by atoms with Gasteiger partial charge in [-0.25, -0.2) is 0 Å². The van der Waals surface area contributed by atoms with Crippen molar-refractivity contribution in [3.63, 3.8) is 0 Å². The largest absolute Gasteiger partial charge is 0.337 e. The van der Waals surface area contributed by atoms with Gasteiger partial charge in [-0.2, -0.15) is 0 Å². The van der Waals surface area contributed by atoms with Gasteiger partial charge in [0.15, 0.2) is 0 Å². The Morgan fingerprint density at radius 3 is 2.57 bits per heavy atom. The lowest BCUT2D eigenvalue weighted by Gasteiger charge is -2.43. The first-order chi connectivity index (χ1) is 13.6. The molecule has 0 N–H and O–H groups in total. The maximum Gasteiger partial charge on any atom is 0.263 e. The van der Waals surface area contributed by atoms with E-state index in [2.05, 4.69) is 29.0 Å². The van der Waals surface area contributed by atoms with E-state index < -0.39 is 0 Å². The minimum atomic E-state index is -0.104. The van der Waals surface area contributed by atoms with Crippen LogP contribution in [0.1, 0.15) is 34.1 Å². The molecule has 2 fully saturated rings. The van der Waals surface area contributed by atoms with Gasteiger partial charge in [0.1, 0.15) is 0 Å². The van der Waals surface area contributed by atoms with Crippen LogP contribution >= 0.6 is 11.3 Å². The van der Waals surface area contributed by atoms with Crippen LogP contribution in [0.4, 0.5) is 0 Å². The monoisotopic (exact) mass is 397 g/mol. The Morgan fingerprint density at radius 2 is 1.82 bits per heavy atom. The Balaban J connectivity index is 1.49. The summed E-state index contributed by atoms with van der Waals surface area (Å²) in [6.07, 6.45) is 1.75. The standard InChI is InChI=1S/C22H27N3O2S/c1-23-12-13-25(19(16-23)17-7-3-2-4-8-17)21(26)18-9-5-11-24(15-18)22(27)20-10-6-14-28-20/h2-4,6-8,10,14,18-19H,5,9,11-13,15-16H2,1H3/t18-,19-/m0/s1. The van der Waals surface area contributed by atoms with E-state index in [9.17, 15) is 9.59 Å². The molecule has 0 radical (unpaired) electrons. The highest BCUT2D eigenvalue weighted by molar-refractivity contribution is 7.12. The molecule has 148 valence electrons. The minimum absolute atomic E-state index is 0.0606. The van der Waals surface area contributed by atoms with Crippen LogP contribution in [0, 0.1) is 5.92 Å². The molecule has 0 saturated carbocycles. The van der Waals surface area contributed by atoms with Crippen molar-refractivity contribution >= 4 is 23.2 Å². The van der Waals surface area contributed by atoms with Gasteiger partial charge >= 0.3 is 0 Å². The number of rotatable bonds is 3. The number of carbonyl (C=O) groups is 2. The summed E-state index contributed by atoms with van der Waals surface area (Å²) in [5, 5.41) is 1.93. The number of carbonyl (C=O) groups excluding carboxylic acids is 2. The van der Waals surface area contributed by atoms with Crippen LogP contribution in [-0.4, -0.2) is 66.3 Å². The zero-order chi connectivity index (χ0) is 19.5. The smallest absolute Gasteiger partial charge is 0.263 e. The third-order valence-electron chi connectivity index (χ3n) is 5.84. The van der Waals surface area contributed by atoms with E-state index in [0.717, 1.165) is 43.9 Å². The fraction of sp³-hybridized carbons (Fsp3) is 0.455. The van der Waals surface area contributed by atoms with Gasteiger partial charge in [0.05, 0.1) is 16.8 Å². The molecule has 5 nitrogen and oxygen atoms in total. The lowest BCUT2D eigenvalue weighted by atomic mass is 9.93. The molecule has 0 bridgehead atoms. The number of hydrogen-bond donors (Lipinski definition) is 0. The number of hydrogen-bond acceptors (Lipinski definition) is 4. The molecule has 4 rings (SSSR count). The molecular weight excluding hydrogens is 370 g/mol. The summed E-state index contributed by atoms with van der Waals surface area (Å²) in [5.74, 6) is 0.156. The van der Waals surface area contributed by atoms with Crippen LogP contribution in [0.3, 0.4) is 0 Å². The molecule has 28 heavy (non-hydrogen) atoms. The average Bonchev–Trinajstić information content (AvgIpc) is 3.28. The molecule has 6 heteroatoms. The third-order valence-corrected chi connectivity index (χ3v) is 6.70. The Bertz CT molecular complexity index is 808. The van der Waals surface area contributed by atoms with Crippen LogP contribution < -0.4 is 0 Å². The van der Waals surface area contributed by atoms with Crippen molar-refractivity contribution < 1.29 is 9.59 Å². The molecule has 0 aliphatic carbocycles. The van der Waals surface area contributed by atoms with Gasteiger partial charge in [0.25, 0.3) is 5.91 Å². The van der Waals surface area contributed by atoms with Gasteiger partial charge in [0, 0.05) is 32.7 Å². The van der Waals surface area contributed by atoms with Crippen molar-refractivity contribution in [2.75, 3.05) is 39.8 Å². The molecule has 3 heterocycles. The summed E-state index contributed by atoms with van der Waals surface area (Å²) in [5.41, 5.74) is 1.18. The average molecular weight is 398 g/mol. The van der Waals surface area contributed by atoms with Crippen LogP contribution in [-0.2, 0) is 4.79 Å². The summed E-state index contributed by atoms with van der Waals surface area (Å²) in [7, 11) is 2.11. The minimum Gasteiger partial charge on any atom is -0.337 e. The first kappa shape index (κ1) is 19.2. The number of likely N-dealkylation sites (N-methyl/N-ethyl adjacent to an activating group) is 1. The Morgan fingerprint density at radius 1 is 1.00 bits per heavy atom. The second kappa shape index (κ2) is 8.45. The highest BCUT2D eigenvalue weighted by Gasteiger charge is 2.36. The number of likely N-dealkylation sites (tertiary alicyclic amines) is 1. The van der Waals surface area contributed by atoms with E-state index in [4.69, 9.17) is 0 Å². The number of amides is 2. The summed E-state index contributed by atoms with van der Waals surface area (Å²) in [6, 6.07) is 14.1. The lowest BCUT2D eigenvalue weighted by Crippen LogP contribution is -2.53. The molecule has 0 spiro atoms. The Labute approximate surface area is 170 Å². The summed E-state index contributed by atoms with van der Waals surface area (Å²) < 4.78 is 0. The Kier molecular flexibility index (Phi) is 5.78. The second-order valence-electron chi connectivity index (χ2n) is 7.79. The van der Waals surface area contributed by atoms with E-state index in [-0.39, 0.29) is 23.8 Å². The molecule has 2 atom stereocenters. The topological polar surface area (TPSA) is 43.9 Å². The maximum atomic E-state index is 13.5. The number of thiophene rings is 1. The first-order valence-corrected chi connectivity index (χ1v) is 10.9. The van der Waals surface area contributed by atoms with Crippen LogP contribution in [0.5, 0.6) is 0 Å². The second-order valence-corrected chi connectivity index (χ2v) is 8.74. The SMILES string of the molecule is CN1CCN(C(=O)[C@H]2CCCN(C(=O)c3cccs3)C2)[C@H](c2ccccc2)C1. The van der Waals surface area contributed by atoms with Gasteiger partial charge in [-0.3, -0.25) is 9.59 Å². The molecule has 1 aromatic heterocycles. The lowest BCUT2D eigenvalue weighted by molar-refractivity contribution is -0.142. The van der Waals surface area contributed by atoms with Crippen LogP contribution in [0.25, 0.3) is 0 Å². The van der Waals surface area contributed by atoms with Crippen molar-refractivity contribution in [3.8, 4) is 0 Å². The number of piperazine rings is 1. The van der Waals surface area contributed by atoms with Crippen LogP contribution in [0.2, 0.25) is 0 Å². The van der Waals surface area contributed by atoms with Crippen LogP contribution in [0.15, 0.2) is 47.8 Å². The number of benzene rings is 1. The molecule has 0 unspecified atom stereocenters. The first-order valence-electron chi connectivity index (χ1n) is 10.00. The number of nitrogens with zero attached hydrogens (tertiary/aromatic N) is 3. The summed E-state index contributed by atoms with van der Waals surface area (Å²) in [4.78, 5) is 33.2. The zero-order valence-electron chi connectivity index (χ0n) is 16.3. The molecule has 2 amide bonds. The fourth-order valence-corrected chi connectivity index (χ4v) is 4.99. The van der Waals surface area contributed by atoms with Gasteiger partial charge in [0.2, 0.25) is 5.91 Å². The third kappa shape index (κ3) is 3.98. The Hall–Kier alpha value is -2.18. The predicted molar refractivity (Wildman–Crippen MR) is 111 cm³/mol. The normalized spacial score (nSPS) is 23.6. The van der Waals surface area contributed by atoms with Crippen molar-refractivity contribution in [3.05, 3.63) is 58.3 Å². The molecule has 1 aromatic carbocycles. The molecule has 2 aliphatic rings. The van der Waals surface area contributed by atoms with E-state index in [1.165, 1.54) is 16.9 Å². The number of piperidine rings is 1. The van der Waals surface area contributed by atoms with Gasteiger partial charge in [-0.15, -0.1) is 11.3 Å². The van der Waals surface area contributed by atoms with E-state index in [1.54, 1.807) is 0 Å². The van der Waals surface area contributed by atoms with Gasteiger partial charge < -0.3 is 14.7 Å². The molecule has 2 aromatic rings. The highest BCUT2D eigenvalue weighted by Crippen LogP contribution is 2.29. The van der Waals surface area contributed by atoms with Gasteiger partial charge in [-0.05, 0) is 36.9 Å². The summed E-state index contributed by atoms with van der Waals surface area (Å²) >= 11 is 1.47. The van der Waals surface area contributed by atoms with Crippen molar-refractivity contribution in [2.45, 2.75) is 18.9 Å². The molecule has 2 aliphatic heterocycles. The highest BCUT2D eigenvalue weighted by atomic mass is 32.1. The van der Waals surface area contributed by atoms with Crippen molar-refractivity contribution in [1.82, 2.24) is 14.7 Å². The maximum absolute atomic E-state index is 13.5. The molecular formula is C22H27N3O2S. The quantitative estimate of drug-likeness (QED) is 0.799. The zero-order valence-corrected chi connectivity index (χ0v) is 17.1. The van der Waals surface area contributed by atoms with E-state index in [1.807, 2.05) is 40.6 Å². The van der Waals surface area contributed by atoms with Crippen molar-refractivity contribution in [1.29, 1.82) is 0 Å². The summed E-state index contributed by atoms with van der Waals surface area (Å²) in [6.45, 7) is 3.75.